The SMILES string of the molecule is CC(=O)CCC(NC(=O)[C@H](C)CC(=O)[C@H](Cc1ccccc1)NC(=O)[C@@H](CC(=O)c1ccc(-c2ccccc2)cc1)c1ccccc1)C(O)C(F)(F)F. The minimum absolute atomic E-state index is 0.0458. The summed E-state index contributed by atoms with van der Waals surface area (Å²) >= 11 is 0. The van der Waals surface area contributed by atoms with Gasteiger partial charge < -0.3 is 20.5 Å². The van der Waals surface area contributed by atoms with Crippen LogP contribution in [-0.4, -0.2) is 58.6 Å². The molecule has 0 aliphatic rings. The molecule has 0 aromatic heterocycles. The summed E-state index contributed by atoms with van der Waals surface area (Å²) in [6, 6.07) is 31.3. The summed E-state index contributed by atoms with van der Waals surface area (Å²) < 4.78 is 40.1. The molecule has 4 aromatic rings. The van der Waals surface area contributed by atoms with Crippen molar-refractivity contribution in [1.82, 2.24) is 10.6 Å². The molecule has 0 aliphatic carbocycles. The van der Waals surface area contributed by atoms with Gasteiger partial charge in [-0.2, -0.15) is 13.2 Å². The van der Waals surface area contributed by atoms with Gasteiger partial charge in [0.1, 0.15) is 5.78 Å². The molecular weight excluding hydrogens is 685 g/mol. The first kappa shape index (κ1) is 40.4. The van der Waals surface area contributed by atoms with E-state index in [2.05, 4.69) is 10.6 Å². The van der Waals surface area contributed by atoms with E-state index in [1.165, 1.54) is 13.8 Å². The molecular formula is C42H43F3N2O6. The molecule has 8 nitrogen and oxygen atoms in total. The monoisotopic (exact) mass is 728 g/mol. The van der Waals surface area contributed by atoms with Crippen LogP contribution < -0.4 is 10.6 Å². The fourth-order valence-electron chi connectivity index (χ4n) is 5.95. The van der Waals surface area contributed by atoms with Gasteiger partial charge in [0.05, 0.1) is 18.0 Å². The van der Waals surface area contributed by atoms with Gasteiger partial charge in [0.15, 0.2) is 17.7 Å². The Morgan fingerprint density at radius 3 is 1.81 bits per heavy atom. The second-order valence-corrected chi connectivity index (χ2v) is 13.2. The average molecular weight is 729 g/mol. The third-order valence-corrected chi connectivity index (χ3v) is 9.02. The molecule has 5 atom stereocenters. The number of halogens is 3. The molecule has 11 heteroatoms. The van der Waals surface area contributed by atoms with Crippen molar-refractivity contribution in [2.75, 3.05) is 0 Å². The van der Waals surface area contributed by atoms with Crippen molar-refractivity contribution in [3.8, 4) is 11.1 Å². The highest BCUT2D eigenvalue weighted by atomic mass is 19.4. The molecule has 2 amide bonds. The first-order valence-electron chi connectivity index (χ1n) is 17.4. The number of nitrogens with one attached hydrogen (secondary N) is 2. The molecule has 0 bridgehead atoms. The maximum Gasteiger partial charge on any atom is 0.416 e. The van der Waals surface area contributed by atoms with Gasteiger partial charge in [-0.15, -0.1) is 0 Å². The number of alkyl halides is 3. The third-order valence-electron chi connectivity index (χ3n) is 9.02. The van der Waals surface area contributed by atoms with Gasteiger partial charge in [0, 0.05) is 30.7 Å². The summed E-state index contributed by atoms with van der Waals surface area (Å²) in [7, 11) is 0. The standard InChI is InChI=1S/C42H43F3N2O6/c1-27(40(52)46-35(23-18-28(2)48)39(51)42(43,44)45)24-38(50)36(25-29-12-6-3-7-13-29)47-41(53)34(32-16-10-5-11-17-32)26-37(49)33-21-19-31(20-22-33)30-14-8-4-9-15-30/h3-17,19-22,27,34-36,39,51H,18,23-26H2,1-2H3,(H,46,52)(H,47,53)/t27-,34+,35?,36+,39?/m1/s1. The van der Waals surface area contributed by atoms with Crippen molar-refractivity contribution in [3.05, 3.63) is 132 Å². The number of aliphatic hydroxyl groups is 1. The zero-order chi connectivity index (χ0) is 38.5. The summed E-state index contributed by atoms with van der Waals surface area (Å²) in [6.07, 6.45) is -9.33. The summed E-state index contributed by atoms with van der Waals surface area (Å²) in [4.78, 5) is 66.0. The van der Waals surface area contributed by atoms with Gasteiger partial charge in [-0.05, 0) is 42.0 Å². The number of rotatable bonds is 18. The van der Waals surface area contributed by atoms with Crippen LogP contribution in [0.3, 0.4) is 0 Å². The fourth-order valence-corrected chi connectivity index (χ4v) is 5.95. The molecule has 53 heavy (non-hydrogen) atoms. The molecule has 2 unspecified atom stereocenters. The lowest BCUT2D eigenvalue weighted by molar-refractivity contribution is -0.213. The van der Waals surface area contributed by atoms with Gasteiger partial charge in [-0.3, -0.25) is 19.2 Å². The zero-order valence-corrected chi connectivity index (χ0v) is 29.5. The highest BCUT2D eigenvalue weighted by Gasteiger charge is 2.44. The first-order valence-corrected chi connectivity index (χ1v) is 17.4. The van der Waals surface area contributed by atoms with E-state index < -0.39 is 72.4 Å². The summed E-state index contributed by atoms with van der Waals surface area (Å²) in [5, 5.41) is 14.8. The van der Waals surface area contributed by atoms with Crippen LogP contribution in [0.5, 0.6) is 0 Å². The predicted molar refractivity (Wildman–Crippen MR) is 195 cm³/mol. The maximum atomic E-state index is 14.1. The lowest BCUT2D eigenvalue weighted by Gasteiger charge is -2.27. The summed E-state index contributed by atoms with van der Waals surface area (Å²) in [6.45, 7) is 2.54. The van der Waals surface area contributed by atoms with E-state index in [1.807, 2.05) is 42.5 Å². The first-order chi connectivity index (χ1) is 25.2. The molecule has 0 radical (unpaired) electrons. The number of aliphatic hydroxyl groups excluding tert-OH is 1. The molecule has 0 spiro atoms. The molecule has 0 fully saturated rings. The van der Waals surface area contributed by atoms with Crippen molar-refractivity contribution in [1.29, 1.82) is 0 Å². The van der Waals surface area contributed by atoms with Crippen molar-refractivity contribution in [2.45, 2.75) is 76.2 Å². The molecule has 278 valence electrons. The lowest BCUT2D eigenvalue weighted by atomic mass is 9.89. The second-order valence-electron chi connectivity index (χ2n) is 13.2. The molecule has 3 N–H and O–H groups in total. The molecule has 4 aromatic carbocycles. The minimum Gasteiger partial charge on any atom is -0.382 e. The Kier molecular flexibility index (Phi) is 14.4. The van der Waals surface area contributed by atoms with Gasteiger partial charge in [-0.25, -0.2) is 0 Å². The van der Waals surface area contributed by atoms with E-state index >= 15 is 0 Å². The van der Waals surface area contributed by atoms with Crippen LogP contribution in [0.1, 0.15) is 66.9 Å². The second kappa shape index (κ2) is 18.9. The lowest BCUT2D eigenvalue weighted by Crippen LogP contribution is -2.52. The molecule has 4 rings (SSSR count). The quantitative estimate of drug-likeness (QED) is 0.0966. The van der Waals surface area contributed by atoms with Gasteiger partial charge in [0.25, 0.3) is 0 Å². The molecule has 0 saturated carbocycles. The Balaban J connectivity index is 1.53. The van der Waals surface area contributed by atoms with Crippen molar-refractivity contribution >= 4 is 29.2 Å². The van der Waals surface area contributed by atoms with Crippen LogP contribution in [0, 0.1) is 5.92 Å². The van der Waals surface area contributed by atoms with Crippen molar-refractivity contribution in [3.63, 3.8) is 0 Å². The van der Waals surface area contributed by atoms with Gasteiger partial charge in [0.2, 0.25) is 11.8 Å². The van der Waals surface area contributed by atoms with Crippen molar-refractivity contribution in [2.24, 2.45) is 5.92 Å². The van der Waals surface area contributed by atoms with E-state index in [1.54, 1.807) is 72.8 Å². The van der Waals surface area contributed by atoms with Crippen LogP contribution in [0.15, 0.2) is 115 Å². The number of hydrogen-bond acceptors (Lipinski definition) is 6. The zero-order valence-electron chi connectivity index (χ0n) is 29.5. The number of hydrogen-bond donors (Lipinski definition) is 3. The average Bonchev–Trinajstić information content (AvgIpc) is 3.15. The van der Waals surface area contributed by atoms with Crippen LogP contribution in [0.2, 0.25) is 0 Å². The molecule has 0 saturated heterocycles. The van der Waals surface area contributed by atoms with E-state index in [-0.39, 0.29) is 25.0 Å². The van der Waals surface area contributed by atoms with Crippen molar-refractivity contribution < 1.29 is 42.3 Å². The smallest absolute Gasteiger partial charge is 0.382 e. The van der Waals surface area contributed by atoms with E-state index in [4.69, 9.17) is 0 Å². The third kappa shape index (κ3) is 12.1. The molecule has 0 aliphatic heterocycles. The normalized spacial score (nSPS) is 14.2. The molecule has 0 heterocycles. The highest BCUT2D eigenvalue weighted by molar-refractivity contribution is 6.01. The Morgan fingerprint density at radius 1 is 0.698 bits per heavy atom. The van der Waals surface area contributed by atoms with Gasteiger partial charge in [-0.1, -0.05) is 122 Å². The summed E-state index contributed by atoms with van der Waals surface area (Å²) in [5.41, 5.74) is 3.57. The highest BCUT2D eigenvalue weighted by Crippen LogP contribution is 2.27. The number of ketones is 3. The number of carbonyl (C=O) groups is 5. The van der Waals surface area contributed by atoms with Gasteiger partial charge >= 0.3 is 6.18 Å². The fraction of sp³-hybridized carbons (Fsp3) is 0.310. The van der Waals surface area contributed by atoms with Crippen LogP contribution in [0.4, 0.5) is 13.2 Å². The van der Waals surface area contributed by atoms with E-state index in [0.29, 0.717) is 16.7 Å². The Bertz CT molecular complexity index is 1830. The predicted octanol–water partition coefficient (Wildman–Crippen LogP) is 6.81. The topological polar surface area (TPSA) is 130 Å². The number of Topliss-reactive ketones (excluding diaryl/α,β-unsaturated/α-hetero) is 3. The number of benzene rings is 4. The van der Waals surface area contributed by atoms with Crippen LogP contribution in [-0.2, 0) is 25.6 Å². The van der Waals surface area contributed by atoms with E-state index in [0.717, 1.165) is 11.1 Å². The van der Waals surface area contributed by atoms with Crippen LogP contribution >= 0.6 is 0 Å². The number of carbonyl (C=O) groups excluding carboxylic acids is 5. The minimum atomic E-state index is -5.05. The van der Waals surface area contributed by atoms with E-state index in [9.17, 15) is 42.3 Å². The largest absolute Gasteiger partial charge is 0.416 e. The summed E-state index contributed by atoms with van der Waals surface area (Å²) in [5.74, 6) is -4.90. The Morgan fingerprint density at radius 2 is 1.25 bits per heavy atom. The Labute approximate surface area is 306 Å². The maximum absolute atomic E-state index is 14.1. The van der Waals surface area contributed by atoms with Crippen LogP contribution in [0.25, 0.3) is 11.1 Å². The number of amides is 2. The Hall–Kier alpha value is -5.42.